The quantitative estimate of drug-likeness (QED) is 0.640. The molecular formula is C14H22N4O2. The third kappa shape index (κ3) is 5.71. The summed E-state index contributed by atoms with van der Waals surface area (Å²) in [6.07, 6.45) is 0.791. The Morgan fingerprint density at radius 2 is 1.75 bits per heavy atom. The highest BCUT2D eigenvalue weighted by atomic mass is 16.2. The molecule has 6 nitrogen and oxygen atoms in total. The van der Waals surface area contributed by atoms with Gasteiger partial charge in [0.2, 0.25) is 11.8 Å². The van der Waals surface area contributed by atoms with Crippen LogP contribution < -0.4 is 16.4 Å². The van der Waals surface area contributed by atoms with E-state index in [1.807, 2.05) is 24.1 Å². The van der Waals surface area contributed by atoms with E-state index in [-0.39, 0.29) is 11.8 Å². The number of carbonyl (C=O) groups excluding carboxylic acids is 2. The fraction of sp³-hybridized carbons (Fsp3) is 0.429. The minimum absolute atomic E-state index is 0.00152. The number of anilines is 2. The van der Waals surface area contributed by atoms with Crippen LogP contribution in [0.1, 0.15) is 12.8 Å². The van der Waals surface area contributed by atoms with Gasteiger partial charge in [-0.2, -0.15) is 0 Å². The summed E-state index contributed by atoms with van der Waals surface area (Å²) in [5.74, 6) is -0.0898. The number of nitrogens with two attached hydrogens (primary N) is 1. The number of nitrogens with one attached hydrogen (secondary N) is 2. The van der Waals surface area contributed by atoms with Crippen LogP contribution in [0.4, 0.5) is 11.4 Å². The van der Waals surface area contributed by atoms with E-state index < -0.39 is 0 Å². The monoisotopic (exact) mass is 278 g/mol. The summed E-state index contributed by atoms with van der Waals surface area (Å²) in [6.45, 7) is 1.22. The number of nitrogen functional groups attached to an aromatic ring is 1. The number of hydrogen-bond donors (Lipinski definition) is 3. The Morgan fingerprint density at radius 3 is 2.35 bits per heavy atom. The van der Waals surface area contributed by atoms with E-state index in [1.165, 1.54) is 0 Å². The van der Waals surface area contributed by atoms with E-state index in [1.54, 1.807) is 19.2 Å². The number of nitrogens with zero attached hydrogens (tertiary/aromatic N) is 1. The molecule has 0 aromatic heterocycles. The zero-order valence-corrected chi connectivity index (χ0v) is 12.0. The molecule has 0 heterocycles. The van der Waals surface area contributed by atoms with Crippen molar-refractivity contribution in [2.75, 3.05) is 38.2 Å². The highest BCUT2D eigenvalue weighted by molar-refractivity contribution is 5.93. The lowest BCUT2D eigenvalue weighted by Gasteiger charge is -2.16. The predicted molar refractivity (Wildman–Crippen MR) is 80.3 cm³/mol. The third-order valence-electron chi connectivity index (χ3n) is 2.95. The third-order valence-corrected chi connectivity index (χ3v) is 2.95. The standard InChI is InChI=1S/C14H22N4O2/c1-16-13(19)7-9-18(2)10-8-14(20)17-12-6-4-3-5-11(12)15/h3-6H,7-10,15H2,1-2H3,(H,16,19)(H,17,20). The van der Waals surface area contributed by atoms with Crippen LogP contribution in [0.2, 0.25) is 0 Å². The second-order valence-electron chi connectivity index (χ2n) is 4.61. The number of hydrogen-bond acceptors (Lipinski definition) is 4. The van der Waals surface area contributed by atoms with Crippen LogP contribution >= 0.6 is 0 Å². The number of para-hydroxylation sites is 2. The van der Waals surface area contributed by atoms with Gasteiger partial charge in [-0.15, -0.1) is 0 Å². The van der Waals surface area contributed by atoms with Crippen LogP contribution in [-0.4, -0.2) is 43.9 Å². The maximum absolute atomic E-state index is 11.8. The van der Waals surface area contributed by atoms with E-state index >= 15 is 0 Å². The van der Waals surface area contributed by atoms with E-state index in [2.05, 4.69) is 10.6 Å². The van der Waals surface area contributed by atoms with Gasteiger partial charge in [0.05, 0.1) is 11.4 Å². The van der Waals surface area contributed by atoms with Gasteiger partial charge in [-0.1, -0.05) is 12.1 Å². The fourth-order valence-electron chi connectivity index (χ4n) is 1.65. The Morgan fingerprint density at radius 1 is 1.15 bits per heavy atom. The topological polar surface area (TPSA) is 87.5 Å². The average Bonchev–Trinajstić information content (AvgIpc) is 2.45. The van der Waals surface area contributed by atoms with Gasteiger partial charge >= 0.3 is 0 Å². The maximum Gasteiger partial charge on any atom is 0.225 e. The Labute approximate surface area is 119 Å². The van der Waals surface area contributed by atoms with Crippen LogP contribution in [0.15, 0.2) is 24.3 Å². The van der Waals surface area contributed by atoms with Crippen molar-refractivity contribution in [3.8, 4) is 0 Å². The Hall–Kier alpha value is -2.08. The Balaban J connectivity index is 2.29. The zero-order valence-electron chi connectivity index (χ0n) is 12.0. The van der Waals surface area contributed by atoms with Gasteiger partial charge in [-0.25, -0.2) is 0 Å². The minimum atomic E-state index is -0.0882. The van der Waals surface area contributed by atoms with Crippen molar-refractivity contribution in [1.29, 1.82) is 0 Å². The molecule has 0 aliphatic rings. The molecule has 0 fully saturated rings. The van der Waals surface area contributed by atoms with Gasteiger partial charge in [0, 0.05) is 33.0 Å². The summed E-state index contributed by atoms with van der Waals surface area (Å²) in [7, 11) is 3.49. The average molecular weight is 278 g/mol. The van der Waals surface area contributed by atoms with Gasteiger partial charge in [0.1, 0.15) is 0 Å². The Bertz CT molecular complexity index is 462. The van der Waals surface area contributed by atoms with Crippen molar-refractivity contribution in [3.63, 3.8) is 0 Å². The molecule has 1 rings (SSSR count). The fourth-order valence-corrected chi connectivity index (χ4v) is 1.65. The number of benzene rings is 1. The molecule has 0 atom stereocenters. The minimum Gasteiger partial charge on any atom is -0.397 e. The second kappa shape index (κ2) is 8.16. The molecular weight excluding hydrogens is 256 g/mol. The van der Waals surface area contributed by atoms with Crippen molar-refractivity contribution in [3.05, 3.63) is 24.3 Å². The highest BCUT2D eigenvalue weighted by Crippen LogP contribution is 2.16. The molecule has 0 aliphatic carbocycles. The first kappa shape index (κ1) is 16.0. The molecule has 0 spiro atoms. The summed E-state index contributed by atoms with van der Waals surface area (Å²) >= 11 is 0. The molecule has 0 aliphatic heterocycles. The van der Waals surface area contributed by atoms with E-state index in [0.29, 0.717) is 37.3 Å². The molecule has 0 radical (unpaired) electrons. The van der Waals surface area contributed by atoms with Gasteiger partial charge in [-0.05, 0) is 19.2 Å². The molecule has 0 bridgehead atoms. The molecule has 0 saturated heterocycles. The van der Waals surface area contributed by atoms with E-state index in [0.717, 1.165) is 0 Å². The summed E-state index contributed by atoms with van der Waals surface area (Å²) in [5, 5.41) is 5.34. The number of rotatable bonds is 7. The predicted octanol–water partition coefficient (Wildman–Crippen LogP) is 0.665. The van der Waals surface area contributed by atoms with Crippen LogP contribution in [0.3, 0.4) is 0 Å². The van der Waals surface area contributed by atoms with Gasteiger partial charge in [0.25, 0.3) is 0 Å². The molecule has 110 valence electrons. The van der Waals surface area contributed by atoms with Gasteiger partial charge < -0.3 is 21.3 Å². The lowest BCUT2D eigenvalue weighted by atomic mass is 10.2. The van der Waals surface area contributed by atoms with Crippen molar-refractivity contribution in [2.24, 2.45) is 0 Å². The molecule has 1 aromatic carbocycles. The number of carbonyl (C=O) groups is 2. The molecule has 20 heavy (non-hydrogen) atoms. The van der Waals surface area contributed by atoms with Crippen molar-refractivity contribution < 1.29 is 9.59 Å². The Kier molecular flexibility index (Phi) is 6.52. The maximum atomic E-state index is 11.8. The molecule has 2 amide bonds. The van der Waals surface area contributed by atoms with E-state index in [9.17, 15) is 9.59 Å². The summed E-state index contributed by atoms with van der Waals surface area (Å²) < 4.78 is 0. The SMILES string of the molecule is CNC(=O)CCN(C)CCC(=O)Nc1ccccc1N. The van der Waals surface area contributed by atoms with Gasteiger partial charge in [-0.3, -0.25) is 9.59 Å². The van der Waals surface area contributed by atoms with Crippen LogP contribution in [0.5, 0.6) is 0 Å². The summed E-state index contributed by atoms with van der Waals surface area (Å²) in [6, 6.07) is 7.15. The van der Waals surface area contributed by atoms with E-state index in [4.69, 9.17) is 5.73 Å². The summed E-state index contributed by atoms with van der Waals surface area (Å²) in [4.78, 5) is 24.8. The normalized spacial score (nSPS) is 10.3. The smallest absolute Gasteiger partial charge is 0.225 e. The number of amides is 2. The lowest BCUT2D eigenvalue weighted by Crippen LogP contribution is -2.29. The van der Waals surface area contributed by atoms with Gasteiger partial charge in [0.15, 0.2) is 0 Å². The van der Waals surface area contributed by atoms with Crippen molar-refractivity contribution >= 4 is 23.2 Å². The highest BCUT2D eigenvalue weighted by Gasteiger charge is 2.07. The van der Waals surface area contributed by atoms with Crippen LogP contribution in [0.25, 0.3) is 0 Å². The molecule has 0 unspecified atom stereocenters. The first-order chi connectivity index (χ1) is 9.52. The van der Waals surface area contributed by atoms with Crippen LogP contribution in [0, 0.1) is 0 Å². The molecule has 0 saturated carbocycles. The lowest BCUT2D eigenvalue weighted by molar-refractivity contribution is -0.120. The zero-order chi connectivity index (χ0) is 15.0. The largest absolute Gasteiger partial charge is 0.397 e. The molecule has 1 aromatic rings. The second-order valence-corrected chi connectivity index (χ2v) is 4.61. The molecule has 6 heteroatoms. The summed E-state index contributed by atoms with van der Waals surface area (Å²) in [5.41, 5.74) is 6.93. The molecule has 4 N–H and O–H groups in total. The first-order valence-electron chi connectivity index (χ1n) is 6.56. The van der Waals surface area contributed by atoms with Crippen molar-refractivity contribution in [2.45, 2.75) is 12.8 Å². The van der Waals surface area contributed by atoms with Crippen LogP contribution in [-0.2, 0) is 9.59 Å². The first-order valence-corrected chi connectivity index (χ1v) is 6.56. The van der Waals surface area contributed by atoms with Crippen molar-refractivity contribution in [1.82, 2.24) is 10.2 Å².